The van der Waals surface area contributed by atoms with Crippen LogP contribution in [0.4, 0.5) is 0 Å². The largest absolute Gasteiger partial charge is 0.0654 e. The van der Waals surface area contributed by atoms with E-state index < -0.39 is 0 Å². The van der Waals surface area contributed by atoms with E-state index in [4.69, 9.17) is 0 Å². The van der Waals surface area contributed by atoms with Crippen molar-refractivity contribution >= 4 is 10.8 Å². The number of fused-ring (bicyclic) bond motifs is 1. The van der Waals surface area contributed by atoms with E-state index >= 15 is 0 Å². The van der Waals surface area contributed by atoms with Crippen LogP contribution in [0.5, 0.6) is 0 Å². The summed E-state index contributed by atoms with van der Waals surface area (Å²) in [4.78, 5) is 0. The molecular formula is C16H20. The Morgan fingerprint density at radius 2 is 1.75 bits per heavy atom. The van der Waals surface area contributed by atoms with Gasteiger partial charge < -0.3 is 0 Å². The quantitative estimate of drug-likeness (QED) is 0.681. The third kappa shape index (κ3) is 2.44. The van der Waals surface area contributed by atoms with E-state index in [9.17, 15) is 0 Å². The van der Waals surface area contributed by atoms with Gasteiger partial charge >= 0.3 is 0 Å². The zero-order valence-electron chi connectivity index (χ0n) is 10.2. The molecule has 1 unspecified atom stereocenters. The number of hydrogen-bond acceptors (Lipinski definition) is 0. The molecule has 0 aromatic heterocycles. The molecule has 0 fully saturated rings. The van der Waals surface area contributed by atoms with Gasteiger partial charge in [-0.3, -0.25) is 0 Å². The van der Waals surface area contributed by atoms with Crippen molar-refractivity contribution in [2.24, 2.45) is 5.92 Å². The van der Waals surface area contributed by atoms with Gasteiger partial charge in [-0.25, -0.2) is 0 Å². The van der Waals surface area contributed by atoms with Gasteiger partial charge in [0.25, 0.3) is 0 Å². The van der Waals surface area contributed by atoms with Crippen molar-refractivity contribution in [3.05, 3.63) is 48.0 Å². The normalized spacial score (nSPS) is 12.9. The first kappa shape index (κ1) is 11.2. The maximum Gasteiger partial charge on any atom is -0.0152 e. The van der Waals surface area contributed by atoms with Gasteiger partial charge in [-0.2, -0.15) is 0 Å². The van der Waals surface area contributed by atoms with Crippen molar-refractivity contribution in [3.63, 3.8) is 0 Å². The Balaban J connectivity index is 2.30. The number of rotatable bonds is 4. The van der Waals surface area contributed by atoms with E-state index in [2.05, 4.69) is 56.3 Å². The summed E-state index contributed by atoms with van der Waals surface area (Å²) >= 11 is 0. The highest BCUT2D eigenvalue weighted by Crippen LogP contribution is 2.22. The molecule has 0 spiro atoms. The minimum absolute atomic E-state index is 0.788. The highest BCUT2D eigenvalue weighted by molar-refractivity contribution is 5.85. The Morgan fingerprint density at radius 3 is 2.56 bits per heavy atom. The summed E-state index contributed by atoms with van der Waals surface area (Å²) in [6, 6.07) is 15.3. The Bertz CT molecular complexity index is 451. The zero-order valence-corrected chi connectivity index (χ0v) is 10.2. The molecule has 0 saturated carbocycles. The lowest BCUT2D eigenvalue weighted by Crippen LogP contribution is -1.99. The summed E-state index contributed by atoms with van der Waals surface area (Å²) < 4.78 is 0. The third-order valence-electron chi connectivity index (χ3n) is 3.23. The van der Waals surface area contributed by atoms with Crippen LogP contribution in [0.1, 0.15) is 32.3 Å². The molecule has 0 saturated heterocycles. The molecule has 0 nitrogen and oxygen atoms in total. The lowest BCUT2D eigenvalue weighted by molar-refractivity contribution is 0.524. The maximum atomic E-state index is 2.35. The van der Waals surface area contributed by atoms with E-state index in [1.807, 2.05) is 0 Å². The predicted octanol–water partition coefficient (Wildman–Crippen LogP) is 4.82. The number of hydrogen-bond donors (Lipinski definition) is 0. The molecule has 2 aromatic rings. The molecular weight excluding hydrogens is 192 g/mol. The zero-order chi connectivity index (χ0) is 11.4. The van der Waals surface area contributed by atoms with Crippen LogP contribution in [0.25, 0.3) is 10.8 Å². The molecule has 2 aromatic carbocycles. The van der Waals surface area contributed by atoms with Crippen LogP contribution in [0.15, 0.2) is 42.5 Å². The SMILES string of the molecule is CCCC(C)Cc1cccc2ccccc12. The molecule has 0 heteroatoms. The monoisotopic (exact) mass is 212 g/mol. The lowest BCUT2D eigenvalue weighted by Gasteiger charge is -2.12. The van der Waals surface area contributed by atoms with Crippen molar-refractivity contribution in [3.8, 4) is 0 Å². The molecule has 0 N–H and O–H groups in total. The standard InChI is InChI=1S/C16H20/c1-3-7-13(2)12-15-10-6-9-14-8-4-5-11-16(14)15/h4-6,8-11,13H,3,7,12H2,1-2H3. The van der Waals surface area contributed by atoms with Crippen molar-refractivity contribution in [1.29, 1.82) is 0 Å². The predicted molar refractivity (Wildman–Crippen MR) is 71.7 cm³/mol. The molecule has 0 bridgehead atoms. The van der Waals surface area contributed by atoms with Gasteiger partial charge in [0, 0.05) is 0 Å². The second-order valence-electron chi connectivity index (χ2n) is 4.74. The highest BCUT2D eigenvalue weighted by atomic mass is 14.1. The summed E-state index contributed by atoms with van der Waals surface area (Å²) in [6.07, 6.45) is 3.81. The summed E-state index contributed by atoms with van der Waals surface area (Å²) in [5.41, 5.74) is 1.50. The van der Waals surface area contributed by atoms with Gasteiger partial charge in [0.15, 0.2) is 0 Å². The summed E-state index contributed by atoms with van der Waals surface area (Å²) in [6.45, 7) is 4.62. The Labute approximate surface area is 98.3 Å². The van der Waals surface area contributed by atoms with Crippen molar-refractivity contribution in [2.45, 2.75) is 33.1 Å². The van der Waals surface area contributed by atoms with Crippen LogP contribution in [-0.2, 0) is 6.42 Å². The van der Waals surface area contributed by atoms with Gasteiger partial charge in [-0.15, -0.1) is 0 Å². The fourth-order valence-electron chi connectivity index (χ4n) is 2.44. The van der Waals surface area contributed by atoms with Gasteiger partial charge in [0.2, 0.25) is 0 Å². The Hall–Kier alpha value is -1.30. The van der Waals surface area contributed by atoms with Crippen LogP contribution >= 0.6 is 0 Å². The fraction of sp³-hybridized carbons (Fsp3) is 0.375. The average Bonchev–Trinajstić information content (AvgIpc) is 2.30. The molecule has 16 heavy (non-hydrogen) atoms. The Morgan fingerprint density at radius 1 is 1.00 bits per heavy atom. The van der Waals surface area contributed by atoms with Crippen molar-refractivity contribution < 1.29 is 0 Å². The number of benzene rings is 2. The molecule has 0 amide bonds. The average molecular weight is 212 g/mol. The summed E-state index contributed by atoms with van der Waals surface area (Å²) in [5, 5.41) is 2.79. The van der Waals surface area contributed by atoms with Crippen LogP contribution < -0.4 is 0 Å². The van der Waals surface area contributed by atoms with Crippen LogP contribution in [0.2, 0.25) is 0 Å². The van der Waals surface area contributed by atoms with Gasteiger partial charge in [-0.1, -0.05) is 69.2 Å². The molecule has 0 heterocycles. The van der Waals surface area contributed by atoms with Gasteiger partial charge in [0.1, 0.15) is 0 Å². The first-order valence-corrected chi connectivity index (χ1v) is 6.28. The van der Waals surface area contributed by atoms with Crippen molar-refractivity contribution in [2.75, 3.05) is 0 Å². The minimum Gasteiger partial charge on any atom is -0.0654 e. The lowest BCUT2D eigenvalue weighted by atomic mass is 9.93. The van der Waals surface area contributed by atoms with E-state index in [1.54, 1.807) is 0 Å². The van der Waals surface area contributed by atoms with Gasteiger partial charge in [0.05, 0.1) is 0 Å². The van der Waals surface area contributed by atoms with E-state index in [0.29, 0.717) is 0 Å². The summed E-state index contributed by atoms with van der Waals surface area (Å²) in [5.74, 6) is 0.788. The topological polar surface area (TPSA) is 0 Å². The smallest absolute Gasteiger partial charge is 0.0152 e. The first-order valence-electron chi connectivity index (χ1n) is 6.28. The summed E-state index contributed by atoms with van der Waals surface area (Å²) in [7, 11) is 0. The molecule has 0 aliphatic rings. The highest BCUT2D eigenvalue weighted by Gasteiger charge is 2.05. The second kappa shape index (κ2) is 5.16. The molecule has 1 atom stereocenters. The second-order valence-corrected chi connectivity index (χ2v) is 4.74. The van der Waals surface area contributed by atoms with Gasteiger partial charge in [-0.05, 0) is 28.7 Å². The van der Waals surface area contributed by atoms with E-state index in [-0.39, 0.29) is 0 Å². The van der Waals surface area contributed by atoms with Crippen LogP contribution in [-0.4, -0.2) is 0 Å². The molecule has 0 aliphatic carbocycles. The molecule has 84 valence electrons. The molecule has 0 radical (unpaired) electrons. The van der Waals surface area contributed by atoms with Crippen molar-refractivity contribution in [1.82, 2.24) is 0 Å². The maximum absolute atomic E-state index is 2.35. The van der Waals surface area contributed by atoms with Crippen LogP contribution in [0, 0.1) is 5.92 Å². The third-order valence-corrected chi connectivity index (χ3v) is 3.23. The minimum atomic E-state index is 0.788. The fourth-order valence-corrected chi connectivity index (χ4v) is 2.44. The Kier molecular flexibility index (Phi) is 3.61. The van der Waals surface area contributed by atoms with Crippen LogP contribution in [0.3, 0.4) is 0 Å². The van der Waals surface area contributed by atoms with E-state index in [0.717, 1.165) is 5.92 Å². The van der Waals surface area contributed by atoms with E-state index in [1.165, 1.54) is 35.6 Å². The molecule has 0 aliphatic heterocycles. The molecule has 2 rings (SSSR count). The first-order chi connectivity index (χ1) is 7.81.